The van der Waals surface area contributed by atoms with Gasteiger partial charge < -0.3 is 10.1 Å². The van der Waals surface area contributed by atoms with Gasteiger partial charge in [0.05, 0.1) is 12.5 Å². The molecular weight excluding hydrogens is 162 g/mol. The zero-order chi connectivity index (χ0) is 9.78. The second-order valence-electron chi connectivity index (χ2n) is 2.84. The molecule has 13 heavy (non-hydrogen) atoms. The average molecular weight is 183 g/mol. The quantitative estimate of drug-likeness (QED) is 0.679. The molecule has 0 spiro atoms. The molecule has 1 aliphatic rings. The van der Waals surface area contributed by atoms with Crippen molar-refractivity contribution >= 4 is 0 Å². The highest BCUT2D eigenvalue weighted by atomic mass is 16.5. The van der Waals surface area contributed by atoms with Crippen LogP contribution in [0.1, 0.15) is 33.1 Å². The van der Waals surface area contributed by atoms with Crippen LogP contribution >= 0.6 is 0 Å². The van der Waals surface area contributed by atoms with E-state index in [9.17, 15) is 0 Å². The summed E-state index contributed by atoms with van der Waals surface area (Å²) in [5.74, 6) is 0. The van der Waals surface area contributed by atoms with Gasteiger partial charge in [0.2, 0.25) is 0 Å². The Bertz CT molecular complexity index is 129. The molecule has 1 rings (SSSR count). The van der Waals surface area contributed by atoms with Gasteiger partial charge in [-0.25, -0.2) is 0 Å². The lowest BCUT2D eigenvalue weighted by atomic mass is 10.4. The molecule has 0 aromatic rings. The number of rotatable bonds is 3. The molecule has 0 unspecified atom stereocenters. The third kappa shape index (κ3) is 11.2. The maximum atomic E-state index is 4.86. The summed E-state index contributed by atoms with van der Waals surface area (Å²) in [6.07, 6.45) is 10.9. The van der Waals surface area contributed by atoms with Crippen LogP contribution in [0.5, 0.6) is 0 Å². The summed E-state index contributed by atoms with van der Waals surface area (Å²) in [5, 5.41) is 3.22. The van der Waals surface area contributed by atoms with E-state index in [4.69, 9.17) is 4.74 Å². The van der Waals surface area contributed by atoms with Gasteiger partial charge in [-0.3, -0.25) is 0 Å². The Balaban J connectivity index is 0.000000243. The lowest BCUT2D eigenvalue weighted by Crippen LogP contribution is -2.03. The molecule has 1 fully saturated rings. The van der Waals surface area contributed by atoms with Crippen LogP contribution in [0.4, 0.5) is 0 Å². The first-order chi connectivity index (χ1) is 6.41. The van der Waals surface area contributed by atoms with Crippen LogP contribution in [-0.2, 0) is 4.74 Å². The van der Waals surface area contributed by atoms with Gasteiger partial charge in [-0.05, 0) is 45.4 Å². The molecule has 0 aromatic heterocycles. The minimum absolute atomic E-state index is 1.03. The first kappa shape index (κ1) is 12.2. The standard InChI is InChI=1S/C7H12O.C4H9N/c1-3-5-7-8-6-4-2;1-2-4-5-3-1/h4-7H,3H2,1-2H3;5H,1-4H2/b6-4-,7-5-;. The van der Waals surface area contributed by atoms with E-state index in [2.05, 4.69) is 12.2 Å². The van der Waals surface area contributed by atoms with E-state index in [0.717, 1.165) is 6.42 Å². The van der Waals surface area contributed by atoms with Gasteiger partial charge in [-0.1, -0.05) is 13.0 Å². The van der Waals surface area contributed by atoms with E-state index in [1.54, 1.807) is 12.5 Å². The molecule has 2 nitrogen and oxygen atoms in total. The first-order valence-electron chi connectivity index (χ1n) is 5.04. The molecule has 0 aliphatic carbocycles. The summed E-state index contributed by atoms with van der Waals surface area (Å²) in [4.78, 5) is 0. The van der Waals surface area contributed by atoms with Crippen molar-refractivity contribution in [1.29, 1.82) is 0 Å². The van der Waals surface area contributed by atoms with E-state index in [1.807, 2.05) is 19.1 Å². The van der Waals surface area contributed by atoms with E-state index in [0.29, 0.717) is 0 Å². The molecule has 76 valence electrons. The fraction of sp³-hybridized carbons (Fsp3) is 0.636. The summed E-state index contributed by atoms with van der Waals surface area (Å²) in [6.45, 7) is 6.48. The average Bonchev–Trinajstić information content (AvgIpc) is 2.70. The van der Waals surface area contributed by atoms with Gasteiger partial charge in [0.1, 0.15) is 0 Å². The highest BCUT2D eigenvalue weighted by Gasteiger charge is 1.93. The highest BCUT2D eigenvalue weighted by Crippen LogP contribution is 1.90. The molecule has 0 amide bonds. The van der Waals surface area contributed by atoms with Crippen LogP contribution in [-0.4, -0.2) is 13.1 Å². The molecule has 1 saturated heterocycles. The summed E-state index contributed by atoms with van der Waals surface area (Å²) in [6, 6.07) is 0. The zero-order valence-corrected chi connectivity index (χ0v) is 8.75. The molecular formula is C11H21NO. The molecule has 1 N–H and O–H groups in total. The van der Waals surface area contributed by atoms with Gasteiger partial charge in [0, 0.05) is 0 Å². The molecule has 0 radical (unpaired) electrons. The molecule has 0 atom stereocenters. The molecule has 2 heteroatoms. The van der Waals surface area contributed by atoms with Gasteiger partial charge in [0.15, 0.2) is 0 Å². The first-order valence-corrected chi connectivity index (χ1v) is 5.04. The highest BCUT2D eigenvalue weighted by molar-refractivity contribution is 4.75. The Kier molecular flexibility index (Phi) is 10.6. The predicted octanol–water partition coefficient (Wildman–Crippen LogP) is 2.83. The van der Waals surface area contributed by atoms with Crippen LogP contribution in [0.3, 0.4) is 0 Å². The van der Waals surface area contributed by atoms with E-state index >= 15 is 0 Å². The van der Waals surface area contributed by atoms with Crippen molar-refractivity contribution in [3.8, 4) is 0 Å². The van der Waals surface area contributed by atoms with Crippen LogP contribution in [0.25, 0.3) is 0 Å². The molecule has 0 bridgehead atoms. The second kappa shape index (κ2) is 11.2. The van der Waals surface area contributed by atoms with Crippen molar-refractivity contribution in [3.05, 3.63) is 24.7 Å². The van der Waals surface area contributed by atoms with Crippen molar-refractivity contribution in [2.45, 2.75) is 33.1 Å². The Morgan fingerprint density at radius 3 is 2.31 bits per heavy atom. The minimum atomic E-state index is 1.03. The predicted molar refractivity (Wildman–Crippen MR) is 57.4 cm³/mol. The number of hydrogen-bond donors (Lipinski definition) is 1. The molecule has 1 aliphatic heterocycles. The lowest BCUT2D eigenvalue weighted by molar-refractivity contribution is 0.400. The molecule has 1 heterocycles. The van der Waals surface area contributed by atoms with Crippen LogP contribution in [0.15, 0.2) is 24.7 Å². The van der Waals surface area contributed by atoms with Gasteiger partial charge in [-0.15, -0.1) is 0 Å². The molecule has 0 saturated carbocycles. The summed E-state index contributed by atoms with van der Waals surface area (Å²) in [5.41, 5.74) is 0. The van der Waals surface area contributed by atoms with Crippen molar-refractivity contribution in [2.24, 2.45) is 0 Å². The zero-order valence-electron chi connectivity index (χ0n) is 8.75. The van der Waals surface area contributed by atoms with E-state index < -0.39 is 0 Å². The topological polar surface area (TPSA) is 21.3 Å². The van der Waals surface area contributed by atoms with Crippen molar-refractivity contribution < 1.29 is 4.74 Å². The third-order valence-electron chi connectivity index (χ3n) is 1.58. The number of ether oxygens (including phenoxy) is 1. The van der Waals surface area contributed by atoms with Crippen molar-refractivity contribution in [3.63, 3.8) is 0 Å². The SMILES string of the molecule is C/C=C\O/C=C\CC.C1CCNC1. The number of allylic oxidation sites excluding steroid dienone is 2. The second-order valence-corrected chi connectivity index (χ2v) is 2.84. The Labute approximate surface area is 81.7 Å². The van der Waals surface area contributed by atoms with Gasteiger partial charge >= 0.3 is 0 Å². The maximum Gasteiger partial charge on any atom is 0.0861 e. The van der Waals surface area contributed by atoms with Gasteiger partial charge in [-0.2, -0.15) is 0 Å². The van der Waals surface area contributed by atoms with Crippen LogP contribution < -0.4 is 5.32 Å². The third-order valence-corrected chi connectivity index (χ3v) is 1.58. The fourth-order valence-electron chi connectivity index (χ4n) is 0.901. The monoisotopic (exact) mass is 183 g/mol. The Morgan fingerprint density at radius 1 is 1.23 bits per heavy atom. The van der Waals surface area contributed by atoms with Crippen LogP contribution in [0, 0.1) is 0 Å². The van der Waals surface area contributed by atoms with Crippen molar-refractivity contribution in [1.82, 2.24) is 5.32 Å². The Morgan fingerprint density at radius 2 is 1.92 bits per heavy atom. The normalized spacial score (nSPS) is 16.2. The summed E-state index contributed by atoms with van der Waals surface area (Å²) < 4.78 is 4.86. The van der Waals surface area contributed by atoms with Crippen molar-refractivity contribution in [2.75, 3.05) is 13.1 Å². The summed E-state index contributed by atoms with van der Waals surface area (Å²) in [7, 11) is 0. The smallest absolute Gasteiger partial charge is 0.0861 e. The maximum absolute atomic E-state index is 4.86. The number of hydrogen-bond acceptors (Lipinski definition) is 2. The van der Waals surface area contributed by atoms with Crippen LogP contribution in [0.2, 0.25) is 0 Å². The largest absolute Gasteiger partial charge is 0.473 e. The molecule has 0 aromatic carbocycles. The minimum Gasteiger partial charge on any atom is -0.473 e. The summed E-state index contributed by atoms with van der Waals surface area (Å²) >= 11 is 0. The Hall–Kier alpha value is -0.760. The number of nitrogens with one attached hydrogen (secondary N) is 1. The van der Waals surface area contributed by atoms with Gasteiger partial charge in [0.25, 0.3) is 0 Å². The lowest BCUT2D eigenvalue weighted by Gasteiger charge is -1.84. The fourth-order valence-corrected chi connectivity index (χ4v) is 0.901. The van der Waals surface area contributed by atoms with E-state index in [1.165, 1.54) is 25.9 Å². The van der Waals surface area contributed by atoms with E-state index in [-0.39, 0.29) is 0 Å².